The molecule has 1 amide bonds. The molecular weight excluding hydrogens is 284 g/mol. The van der Waals surface area contributed by atoms with E-state index in [9.17, 15) is 4.79 Å². The highest BCUT2D eigenvalue weighted by molar-refractivity contribution is 7.21. The van der Waals surface area contributed by atoms with Crippen molar-refractivity contribution in [1.29, 1.82) is 0 Å². The van der Waals surface area contributed by atoms with Crippen molar-refractivity contribution >= 4 is 33.0 Å². The Kier molecular flexibility index (Phi) is 4.73. The predicted molar refractivity (Wildman–Crippen MR) is 89.1 cm³/mol. The topological polar surface area (TPSA) is 64.3 Å². The quantitative estimate of drug-likeness (QED) is 0.888. The molecule has 2 rings (SSSR count). The maximum atomic E-state index is 12.3. The standard InChI is InChI=1S/C16H22N2O2S/c1-9(2)10(3)8-18-16(19)15-14(17)13-11(20-4)6-5-7-12(13)21-15/h5-7,9-10H,8,17H2,1-4H3,(H,18,19). The van der Waals surface area contributed by atoms with E-state index in [0.717, 1.165) is 10.1 Å². The minimum atomic E-state index is -0.108. The molecule has 0 bridgehead atoms. The predicted octanol–water partition coefficient (Wildman–Crippen LogP) is 3.51. The number of methoxy groups -OCH3 is 1. The second kappa shape index (κ2) is 6.35. The molecule has 5 heteroatoms. The van der Waals surface area contributed by atoms with E-state index in [-0.39, 0.29) is 5.91 Å². The molecule has 0 spiro atoms. The Morgan fingerprint density at radius 3 is 2.71 bits per heavy atom. The summed E-state index contributed by atoms with van der Waals surface area (Å²) in [4.78, 5) is 12.9. The van der Waals surface area contributed by atoms with Crippen LogP contribution in [-0.4, -0.2) is 19.6 Å². The van der Waals surface area contributed by atoms with E-state index in [1.165, 1.54) is 11.3 Å². The van der Waals surface area contributed by atoms with Crippen LogP contribution in [0, 0.1) is 11.8 Å². The first-order valence-electron chi connectivity index (χ1n) is 7.08. The number of ether oxygens (including phenoxy) is 1. The molecule has 0 saturated heterocycles. The summed E-state index contributed by atoms with van der Waals surface area (Å²) in [5.41, 5.74) is 6.65. The maximum Gasteiger partial charge on any atom is 0.263 e. The molecule has 2 aromatic rings. The van der Waals surface area contributed by atoms with Crippen LogP contribution in [0.25, 0.3) is 10.1 Å². The Hall–Kier alpha value is -1.75. The molecule has 21 heavy (non-hydrogen) atoms. The van der Waals surface area contributed by atoms with Gasteiger partial charge in [0.15, 0.2) is 0 Å². The van der Waals surface area contributed by atoms with Crippen molar-refractivity contribution < 1.29 is 9.53 Å². The van der Waals surface area contributed by atoms with Gasteiger partial charge in [-0.25, -0.2) is 0 Å². The molecule has 114 valence electrons. The molecule has 1 heterocycles. The third-order valence-corrected chi connectivity index (χ3v) is 5.03. The van der Waals surface area contributed by atoms with Crippen LogP contribution in [0.5, 0.6) is 5.75 Å². The fourth-order valence-corrected chi connectivity index (χ4v) is 3.10. The van der Waals surface area contributed by atoms with E-state index >= 15 is 0 Å². The van der Waals surface area contributed by atoms with Gasteiger partial charge >= 0.3 is 0 Å². The Morgan fingerprint density at radius 1 is 1.38 bits per heavy atom. The molecule has 4 nitrogen and oxygen atoms in total. The van der Waals surface area contributed by atoms with Crippen LogP contribution in [-0.2, 0) is 0 Å². The van der Waals surface area contributed by atoms with Crippen molar-refractivity contribution in [1.82, 2.24) is 5.32 Å². The summed E-state index contributed by atoms with van der Waals surface area (Å²) in [6.07, 6.45) is 0. The van der Waals surface area contributed by atoms with Crippen molar-refractivity contribution in [3.05, 3.63) is 23.1 Å². The van der Waals surface area contributed by atoms with Crippen molar-refractivity contribution in [2.75, 3.05) is 19.4 Å². The molecule has 0 aliphatic rings. The van der Waals surface area contributed by atoms with Gasteiger partial charge in [0.1, 0.15) is 10.6 Å². The van der Waals surface area contributed by atoms with Crippen LogP contribution in [0.15, 0.2) is 18.2 Å². The van der Waals surface area contributed by atoms with E-state index in [1.54, 1.807) is 7.11 Å². The molecule has 0 aliphatic heterocycles. The third kappa shape index (κ3) is 3.13. The smallest absolute Gasteiger partial charge is 0.263 e. The van der Waals surface area contributed by atoms with Gasteiger partial charge in [-0.15, -0.1) is 11.3 Å². The van der Waals surface area contributed by atoms with Crippen molar-refractivity contribution in [3.63, 3.8) is 0 Å². The summed E-state index contributed by atoms with van der Waals surface area (Å²) in [7, 11) is 1.61. The molecule has 0 fully saturated rings. The Morgan fingerprint density at radius 2 is 2.10 bits per heavy atom. The van der Waals surface area contributed by atoms with Gasteiger partial charge in [0.2, 0.25) is 0 Å². The zero-order valence-corrected chi connectivity index (χ0v) is 13.7. The second-order valence-electron chi connectivity index (χ2n) is 5.61. The molecule has 0 aliphatic carbocycles. The highest BCUT2D eigenvalue weighted by atomic mass is 32.1. The van der Waals surface area contributed by atoms with Crippen LogP contribution in [0.2, 0.25) is 0 Å². The van der Waals surface area contributed by atoms with Crippen molar-refractivity contribution in [3.8, 4) is 5.75 Å². The lowest BCUT2D eigenvalue weighted by molar-refractivity contribution is 0.0950. The van der Waals surface area contributed by atoms with Crippen molar-refractivity contribution in [2.24, 2.45) is 11.8 Å². The van der Waals surface area contributed by atoms with Crippen LogP contribution in [0.3, 0.4) is 0 Å². The molecule has 1 aromatic carbocycles. The first kappa shape index (κ1) is 15.6. The summed E-state index contributed by atoms with van der Waals surface area (Å²) in [5, 5.41) is 3.80. The van der Waals surface area contributed by atoms with Crippen LogP contribution < -0.4 is 15.8 Å². The van der Waals surface area contributed by atoms with E-state index in [1.807, 2.05) is 18.2 Å². The number of hydrogen-bond acceptors (Lipinski definition) is 4. The second-order valence-corrected chi connectivity index (χ2v) is 6.66. The summed E-state index contributed by atoms with van der Waals surface area (Å²) in [6, 6.07) is 5.71. The molecule has 3 N–H and O–H groups in total. The van der Waals surface area contributed by atoms with E-state index < -0.39 is 0 Å². The number of rotatable bonds is 5. The van der Waals surface area contributed by atoms with E-state index in [4.69, 9.17) is 10.5 Å². The lowest BCUT2D eigenvalue weighted by Gasteiger charge is -2.15. The summed E-state index contributed by atoms with van der Waals surface area (Å²) >= 11 is 1.40. The Balaban J connectivity index is 2.26. The van der Waals surface area contributed by atoms with Crippen LogP contribution in [0.4, 0.5) is 5.69 Å². The molecule has 1 atom stereocenters. The van der Waals surface area contributed by atoms with E-state index in [2.05, 4.69) is 26.1 Å². The van der Waals surface area contributed by atoms with Gasteiger partial charge in [0, 0.05) is 11.2 Å². The number of anilines is 1. The minimum Gasteiger partial charge on any atom is -0.496 e. The van der Waals surface area contributed by atoms with Gasteiger partial charge in [-0.05, 0) is 24.0 Å². The molecule has 0 saturated carbocycles. The van der Waals surface area contributed by atoms with Gasteiger partial charge < -0.3 is 15.8 Å². The summed E-state index contributed by atoms with van der Waals surface area (Å²) in [6.45, 7) is 7.08. The van der Waals surface area contributed by atoms with Gasteiger partial charge in [0.05, 0.1) is 18.2 Å². The lowest BCUT2D eigenvalue weighted by Crippen LogP contribution is -2.30. The van der Waals surface area contributed by atoms with Crippen LogP contribution in [0.1, 0.15) is 30.4 Å². The summed E-state index contributed by atoms with van der Waals surface area (Å²) < 4.78 is 6.29. The first-order chi connectivity index (χ1) is 9.95. The lowest BCUT2D eigenvalue weighted by atomic mass is 9.98. The number of nitrogens with two attached hydrogens (primary N) is 1. The largest absolute Gasteiger partial charge is 0.496 e. The monoisotopic (exact) mass is 306 g/mol. The third-order valence-electron chi connectivity index (χ3n) is 3.86. The molecule has 1 aromatic heterocycles. The number of carbonyl (C=O) groups excluding carboxylic acids is 1. The first-order valence-corrected chi connectivity index (χ1v) is 7.90. The molecular formula is C16H22N2O2S. The Labute approximate surface area is 129 Å². The van der Waals surface area contributed by atoms with Gasteiger partial charge in [-0.3, -0.25) is 4.79 Å². The molecule has 1 unspecified atom stereocenters. The number of amides is 1. The number of hydrogen-bond donors (Lipinski definition) is 2. The normalized spacial score (nSPS) is 12.6. The van der Waals surface area contributed by atoms with Crippen LogP contribution >= 0.6 is 11.3 Å². The molecule has 0 radical (unpaired) electrons. The number of nitrogen functional groups attached to an aromatic ring is 1. The Bertz CT molecular complexity index is 649. The highest BCUT2D eigenvalue weighted by Gasteiger charge is 2.19. The number of carbonyl (C=O) groups is 1. The zero-order valence-electron chi connectivity index (χ0n) is 12.9. The average molecular weight is 306 g/mol. The van der Waals surface area contributed by atoms with Gasteiger partial charge in [-0.1, -0.05) is 26.8 Å². The SMILES string of the molecule is COc1cccc2sc(C(=O)NCC(C)C(C)C)c(N)c12. The zero-order chi connectivity index (χ0) is 15.6. The maximum absolute atomic E-state index is 12.3. The highest BCUT2D eigenvalue weighted by Crippen LogP contribution is 2.39. The number of benzene rings is 1. The van der Waals surface area contributed by atoms with Gasteiger partial charge in [0.25, 0.3) is 5.91 Å². The van der Waals surface area contributed by atoms with Crippen molar-refractivity contribution in [2.45, 2.75) is 20.8 Å². The average Bonchev–Trinajstić information content (AvgIpc) is 2.81. The number of fused-ring (bicyclic) bond motifs is 1. The fraction of sp³-hybridized carbons (Fsp3) is 0.438. The minimum absolute atomic E-state index is 0.108. The number of thiophene rings is 1. The van der Waals surface area contributed by atoms with E-state index in [0.29, 0.717) is 34.7 Å². The summed E-state index contributed by atoms with van der Waals surface area (Å²) in [5.74, 6) is 1.56. The fourth-order valence-electron chi connectivity index (χ4n) is 2.05. The van der Waals surface area contributed by atoms with Gasteiger partial charge in [-0.2, -0.15) is 0 Å². The number of nitrogens with one attached hydrogen (secondary N) is 1.